The molecule has 6 nitrogen and oxygen atoms in total. The van der Waals surface area contributed by atoms with Gasteiger partial charge in [0.25, 0.3) is 0 Å². The molecule has 0 N–H and O–H groups in total. The van der Waals surface area contributed by atoms with E-state index in [9.17, 15) is 4.79 Å². The zero-order chi connectivity index (χ0) is 17.8. The van der Waals surface area contributed by atoms with Crippen LogP contribution >= 0.6 is 0 Å². The Bertz CT molecular complexity index is 849. The molecule has 1 aromatic carbocycles. The maximum atomic E-state index is 12.2. The van der Waals surface area contributed by atoms with Gasteiger partial charge >= 0.3 is 0 Å². The first-order chi connectivity index (χ1) is 12.0. The Morgan fingerprint density at radius 3 is 2.64 bits per heavy atom. The van der Waals surface area contributed by atoms with Gasteiger partial charge in [0, 0.05) is 31.5 Å². The highest BCUT2D eigenvalue weighted by atomic mass is 16.5. The van der Waals surface area contributed by atoms with Crippen LogP contribution in [0, 0.1) is 13.8 Å². The van der Waals surface area contributed by atoms with Crippen molar-refractivity contribution in [3.63, 3.8) is 0 Å². The van der Waals surface area contributed by atoms with E-state index in [1.165, 1.54) is 5.56 Å². The molecule has 1 amide bonds. The van der Waals surface area contributed by atoms with Gasteiger partial charge in [-0.3, -0.25) is 4.79 Å². The number of aromatic nitrogens is 2. The number of hydrogen-bond acceptors (Lipinski definition) is 5. The van der Waals surface area contributed by atoms with Crippen LogP contribution in [0.5, 0.6) is 0 Å². The largest absolute Gasteiger partial charge is 0.441 e. The molecule has 0 unspecified atom stereocenters. The summed E-state index contributed by atoms with van der Waals surface area (Å²) in [4.78, 5) is 18.1. The first kappa shape index (κ1) is 17.0. The Labute approximate surface area is 146 Å². The number of carbonyl (C=O) groups excluding carboxylic acids is 1. The van der Waals surface area contributed by atoms with E-state index in [1.54, 1.807) is 18.1 Å². The molecule has 0 atom stereocenters. The Balaban J connectivity index is 1.54. The molecule has 0 aliphatic rings. The molecule has 0 saturated heterocycles. The lowest BCUT2D eigenvalue weighted by Gasteiger charge is -2.14. The van der Waals surface area contributed by atoms with Crippen molar-refractivity contribution >= 4 is 5.91 Å². The van der Waals surface area contributed by atoms with Gasteiger partial charge in [-0.1, -0.05) is 35.0 Å². The zero-order valence-electron chi connectivity index (χ0n) is 14.7. The average molecular weight is 339 g/mol. The zero-order valence-corrected chi connectivity index (χ0v) is 14.7. The molecule has 0 aliphatic heterocycles. The van der Waals surface area contributed by atoms with Crippen LogP contribution in [0.25, 0.3) is 11.3 Å². The maximum absolute atomic E-state index is 12.2. The van der Waals surface area contributed by atoms with Crippen molar-refractivity contribution in [3.05, 3.63) is 59.4 Å². The predicted molar refractivity (Wildman–Crippen MR) is 92.7 cm³/mol. The Hall–Kier alpha value is -2.89. The highest BCUT2D eigenvalue weighted by Crippen LogP contribution is 2.21. The minimum absolute atomic E-state index is 0.00994. The second kappa shape index (κ2) is 7.34. The van der Waals surface area contributed by atoms with Crippen LogP contribution in [0.2, 0.25) is 0 Å². The molecule has 6 heteroatoms. The fourth-order valence-corrected chi connectivity index (χ4v) is 2.51. The first-order valence-electron chi connectivity index (χ1n) is 8.19. The van der Waals surface area contributed by atoms with E-state index in [-0.39, 0.29) is 5.91 Å². The number of rotatable bonds is 6. The third kappa shape index (κ3) is 4.35. The molecule has 0 bridgehead atoms. The molecule has 0 aliphatic carbocycles. The van der Waals surface area contributed by atoms with Gasteiger partial charge in [-0.15, -0.1) is 0 Å². The van der Waals surface area contributed by atoms with Crippen molar-refractivity contribution in [1.29, 1.82) is 0 Å². The molecule has 25 heavy (non-hydrogen) atoms. The summed E-state index contributed by atoms with van der Waals surface area (Å²) in [7, 11) is 1.75. The van der Waals surface area contributed by atoms with E-state index in [4.69, 9.17) is 8.94 Å². The van der Waals surface area contributed by atoms with Crippen molar-refractivity contribution in [2.24, 2.45) is 0 Å². The molecule has 0 radical (unpaired) electrons. The van der Waals surface area contributed by atoms with Gasteiger partial charge in [0.2, 0.25) is 5.91 Å². The number of benzene rings is 1. The molecule has 0 saturated carbocycles. The lowest BCUT2D eigenvalue weighted by atomic mass is 10.1. The molecule has 2 aromatic heterocycles. The lowest BCUT2D eigenvalue weighted by Crippen LogP contribution is -2.26. The van der Waals surface area contributed by atoms with E-state index < -0.39 is 0 Å². The summed E-state index contributed by atoms with van der Waals surface area (Å²) >= 11 is 0. The van der Waals surface area contributed by atoms with Crippen molar-refractivity contribution in [1.82, 2.24) is 15.0 Å². The van der Waals surface area contributed by atoms with Gasteiger partial charge in [0.1, 0.15) is 11.5 Å². The third-order valence-electron chi connectivity index (χ3n) is 3.94. The molecule has 130 valence electrons. The summed E-state index contributed by atoms with van der Waals surface area (Å²) in [6.07, 6.45) is 2.50. The van der Waals surface area contributed by atoms with Crippen molar-refractivity contribution < 1.29 is 13.7 Å². The standard InChI is InChI=1S/C19H21N3O3/c1-13-4-6-15(7-5-13)17-11-20-18(24-17)8-9-19(23)22(3)12-16-10-14(2)25-21-16/h4-7,10-11H,8-9,12H2,1-3H3. The van der Waals surface area contributed by atoms with Gasteiger partial charge in [-0.25, -0.2) is 4.98 Å². The maximum Gasteiger partial charge on any atom is 0.223 e. The number of carbonyl (C=O) groups is 1. The van der Waals surface area contributed by atoms with Crippen molar-refractivity contribution in [3.8, 4) is 11.3 Å². The summed E-state index contributed by atoms with van der Waals surface area (Å²) in [5.74, 6) is 2.03. The second-order valence-corrected chi connectivity index (χ2v) is 6.16. The Kier molecular flexibility index (Phi) is 4.97. The number of aryl methyl sites for hydroxylation is 3. The van der Waals surface area contributed by atoms with Crippen LogP contribution in [-0.2, 0) is 17.8 Å². The van der Waals surface area contributed by atoms with Crippen molar-refractivity contribution in [2.45, 2.75) is 33.2 Å². The van der Waals surface area contributed by atoms with Crippen LogP contribution < -0.4 is 0 Å². The summed E-state index contributed by atoms with van der Waals surface area (Å²) in [5.41, 5.74) is 2.92. The lowest BCUT2D eigenvalue weighted by molar-refractivity contribution is -0.130. The van der Waals surface area contributed by atoms with Gasteiger partial charge in [0.15, 0.2) is 11.7 Å². The van der Waals surface area contributed by atoms with E-state index in [0.717, 1.165) is 17.0 Å². The van der Waals surface area contributed by atoms with Crippen LogP contribution in [0.15, 0.2) is 45.5 Å². The number of amides is 1. The minimum atomic E-state index is 0.00994. The average Bonchev–Trinajstić information content (AvgIpc) is 3.22. The SMILES string of the molecule is Cc1ccc(-c2cnc(CCC(=O)N(C)Cc3cc(C)on3)o2)cc1. The molecule has 0 fully saturated rings. The highest BCUT2D eigenvalue weighted by molar-refractivity contribution is 5.76. The fourth-order valence-electron chi connectivity index (χ4n) is 2.51. The smallest absolute Gasteiger partial charge is 0.223 e. The number of hydrogen-bond donors (Lipinski definition) is 0. The van der Waals surface area contributed by atoms with Gasteiger partial charge < -0.3 is 13.8 Å². The summed E-state index contributed by atoms with van der Waals surface area (Å²) in [6.45, 7) is 4.29. The third-order valence-corrected chi connectivity index (χ3v) is 3.94. The minimum Gasteiger partial charge on any atom is -0.441 e. The first-order valence-corrected chi connectivity index (χ1v) is 8.19. The molecule has 0 spiro atoms. The fraction of sp³-hybridized carbons (Fsp3) is 0.316. The van der Waals surface area contributed by atoms with Crippen LogP contribution in [0.3, 0.4) is 0 Å². The second-order valence-electron chi connectivity index (χ2n) is 6.16. The van der Waals surface area contributed by atoms with E-state index in [2.05, 4.69) is 10.1 Å². The Morgan fingerprint density at radius 2 is 1.96 bits per heavy atom. The molecule has 3 aromatic rings. The molecular formula is C19H21N3O3. The number of nitrogens with zero attached hydrogens (tertiary/aromatic N) is 3. The van der Waals surface area contributed by atoms with E-state index in [1.807, 2.05) is 44.2 Å². The van der Waals surface area contributed by atoms with Crippen LogP contribution in [-0.4, -0.2) is 28.0 Å². The number of oxazole rings is 1. The molecular weight excluding hydrogens is 318 g/mol. The molecule has 3 rings (SSSR count). The van der Waals surface area contributed by atoms with Gasteiger partial charge in [-0.05, 0) is 13.8 Å². The predicted octanol–water partition coefficient (Wildman–Crippen LogP) is 3.54. The monoisotopic (exact) mass is 339 g/mol. The van der Waals surface area contributed by atoms with Crippen molar-refractivity contribution in [2.75, 3.05) is 7.05 Å². The van der Waals surface area contributed by atoms with E-state index in [0.29, 0.717) is 31.0 Å². The quantitative estimate of drug-likeness (QED) is 0.687. The highest BCUT2D eigenvalue weighted by Gasteiger charge is 2.14. The Morgan fingerprint density at radius 1 is 1.20 bits per heavy atom. The summed E-state index contributed by atoms with van der Waals surface area (Å²) in [6, 6.07) is 9.88. The van der Waals surface area contributed by atoms with Gasteiger partial charge in [-0.2, -0.15) is 0 Å². The molecule has 2 heterocycles. The summed E-state index contributed by atoms with van der Waals surface area (Å²) < 4.78 is 10.8. The topological polar surface area (TPSA) is 72.4 Å². The van der Waals surface area contributed by atoms with Crippen LogP contribution in [0.1, 0.15) is 29.3 Å². The summed E-state index contributed by atoms with van der Waals surface area (Å²) in [5, 5.41) is 3.90. The normalized spacial score (nSPS) is 10.8. The van der Waals surface area contributed by atoms with E-state index >= 15 is 0 Å². The van der Waals surface area contributed by atoms with Gasteiger partial charge in [0.05, 0.1) is 12.7 Å². The van der Waals surface area contributed by atoms with Crippen LogP contribution in [0.4, 0.5) is 0 Å².